The predicted molar refractivity (Wildman–Crippen MR) is 75.2 cm³/mol. The molecule has 2 N–H and O–H groups in total. The van der Waals surface area contributed by atoms with E-state index in [4.69, 9.17) is 9.15 Å². The molecule has 106 valence electrons. The largest absolute Gasteiger partial charge is 0.507 e. The number of carbonyl (C=O) groups is 1. The van der Waals surface area contributed by atoms with Gasteiger partial charge in [0.25, 0.3) is 0 Å². The van der Waals surface area contributed by atoms with Gasteiger partial charge in [-0.3, -0.25) is 0 Å². The van der Waals surface area contributed by atoms with Crippen molar-refractivity contribution in [1.29, 1.82) is 0 Å². The lowest BCUT2D eigenvalue weighted by Crippen LogP contribution is -2.04. The van der Waals surface area contributed by atoms with E-state index in [2.05, 4.69) is 0 Å². The Kier molecular flexibility index (Phi) is 2.79. The predicted octanol–water partition coefficient (Wildman–Crippen LogP) is 2.36. The van der Waals surface area contributed by atoms with Gasteiger partial charge in [-0.1, -0.05) is 0 Å². The second-order valence-electron chi connectivity index (χ2n) is 4.44. The Morgan fingerprint density at radius 2 is 1.86 bits per heavy atom. The number of benzene rings is 2. The van der Waals surface area contributed by atoms with Crippen LogP contribution in [0.3, 0.4) is 0 Å². The first-order valence-electron chi connectivity index (χ1n) is 6.02. The van der Waals surface area contributed by atoms with Crippen LogP contribution in [0.25, 0.3) is 21.7 Å². The summed E-state index contributed by atoms with van der Waals surface area (Å²) in [6.45, 7) is 0. The standard InChI is InChI=1S/C15H10O6/c1-20-7-2-3-9-10(6-7)8-4-5-11(16)12(14(17)18)13(8)21-15(9)19/h2-6,16H,1H3,(H,17,18). The zero-order valence-electron chi connectivity index (χ0n) is 10.9. The van der Waals surface area contributed by atoms with Crippen molar-refractivity contribution >= 4 is 27.7 Å². The van der Waals surface area contributed by atoms with Crippen molar-refractivity contribution < 1.29 is 24.2 Å². The van der Waals surface area contributed by atoms with Gasteiger partial charge in [0.1, 0.15) is 17.1 Å². The van der Waals surface area contributed by atoms with Gasteiger partial charge >= 0.3 is 11.6 Å². The fourth-order valence-corrected chi connectivity index (χ4v) is 2.30. The smallest absolute Gasteiger partial charge is 0.344 e. The second-order valence-corrected chi connectivity index (χ2v) is 4.44. The fourth-order valence-electron chi connectivity index (χ4n) is 2.30. The summed E-state index contributed by atoms with van der Waals surface area (Å²) in [6.07, 6.45) is 0. The first kappa shape index (κ1) is 13.0. The zero-order valence-corrected chi connectivity index (χ0v) is 10.9. The zero-order chi connectivity index (χ0) is 15.1. The molecule has 0 fully saturated rings. The molecule has 0 saturated heterocycles. The minimum absolute atomic E-state index is 0.159. The van der Waals surface area contributed by atoms with E-state index in [1.54, 1.807) is 18.2 Å². The Balaban J connectivity index is 2.58. The normalized spacial score (nSPS) is 10.9. The summed E-state index contributed by atoms with van der Waals surface area (Å²) in [5, 5.41) is 20.1. The lowest BCUT2D eigenvalue weighted by molar-refractivity contribution is 0.0694. The molecule has 3 rings (SSSR count). The van der Waals surface area contributed by atoms with E-state index in [0.717, 1.165) is 0 Å². The summed E-state index contributed by atoms with van der Waals surface area (Å²) in [4.78, 5) is 23.3. The first-order chi connectivity index (χ1) is 10.0. The van der Waals surface area contributed by atoms with Crippen LogP contribution in [0.1, 0.15) is 10.4 Å². The number of phenols is 1. The van der Waals surface area contributed by atoms with Crippen LogP contribution in [-0.4, -0.2) is 23.3 Å². The van der Waals surface area contributed by atoms with Crippen LogP contribution in [-0.2, 0) is 0 Å². The summed E-state index contributed by atoms with van der Waals surface area (Å²) in [7, 11) is 1.49. The highest BCUT2D eigenvalue weighted by atomic mass is 16.5. The van der Waals surface area contributed by atoms with Crippen molar-refractivity contribution in [3.8, 4) is 11.5 Å². The molecule has 0 saturated carbocycles. The molecule has 0 aliphatic carbocycles. The van der Waals surface area contributed by atoms with Gasteiger partial charge in [-0.25, -0.2) is 9.59 Å². The number of hydrogen-bond acceptors (Lipinski definition) is 5. The van der Waals surface area contributed by atoms with Crippen molar-refractivity contribution in [3.05, 3.63) is 46.3 Å². The quantitative estimate of drug-likeness (QED) is 0.554. The summed E-state index contributed by atoms with van der Waals surface area (Å²) in [6, 6.07) is 7.54. The van der Waals surface area contributed by atoms with Crippen molar-refractivity contribution in [2.75, 3.05) is 7.11 Å². The molecule has 0 amide bonds. The highest BCUT2D eigenvalue weighted by molar-refractivity contribution is 6.12. The van der Waals surface area contributed by atoms with Crippen LogP contribution in [0.15, 0.2) is 39.5 Å². The molecule has 0 aliphatic rings. The molecule has 6 nitrogen and oxygen atoms in total. The third-order valence-corrected chi connectivity index (χ3v) is 3.28. The lowest BCUT2D eigenvalue weighted by atomic mass is 10.0. The maximum Gasteiger partial charge on any atom is 0.344 e. The molecular formula is C15H10O6. The average molecular weight is 286 g/mol. The van der Waals surface area contributed by atoms with Gasteiger partial charge < -0.3 is 19.4 Å². The summed E-state index contributed by atoms with van der Waals surface area (Å²) in [5.74, 6) is -1.30. The van der Waals surface area contributed by atoms with Gasteiger partial charge in [-0.2, -0.15) is 0 Å². The van der Waals surface area contributed by atoms with Gasteiger partial charge in [0, 0.05) is 10.8 Å². The van der Waals surface area contributed by atoms with E-state index >= 15 is 0 Å². The Labute approximate surface area is 117 Å². The molecule has 1 aromatic heterocycles. The minimum atomic E-state index is -1.37. The molecule has 21 heavy (non-hydrogen) atoms. The SMILES string of the molecule is COc1ccc2c(=O)oc3c(C(=O)O)c(O)ccc3c2c1. The number of aromatic carboxylic acids is 1. The molecule has 0 bridgehead atoms. The molecule has 0 unspecified atom stereocenters. The number of aromatic hydroxyl groups is 1. The highest BCUT2D eigenvalue weighted by Crippen LogP contribution is 2.32. The van der Waals surface area contributed by atoms with Crippen LogP contribution in [0.4, 0.5) is 0 Å². The molecule has 0 aliphatic heterocycles. The maximum absolute atomic E-state index is 12.0. The Morgan fingerprint density at radius 3 is 2.52 bits per heavy atom. The van der Waals surface area contributed by atoms with E-state index in [-0.39, 0.29) is 5.58 Å². The number of hydrogen-bond donors (Lipinski definition) is 2. The lowest BCUT2D eigenvalue weighted by Gasteiger charge is -2.07. The molecule has 0 radical (unpaired) electrons. The van der Waals surface area contributed by atoms with E-state index in [9.17, 15) is 19.8 Å². The summed E-state index contributed by atoms with van der Waals surface area (Å²) >= 11 is 0. The van der Waals surface area contributed by atoms with Crippen LogP contribution in [0.5, 0.6) is 11.5 Å². The molecular weight excluding hydrogens is 276 g/mol. The van der Waals surface area contributed by atoms with E-state index in [0.29, 0.717) is 21.9 Å². The second kappa shape index (κ2) is 4.52. The van der Waals surface area contributed by atoms with Crippen molar-refractivity contribution in [2.24, 2.45) is 0 Å². The van der Waals surface area contributed by atoms with E-state index in [1.165, 1.54) is 19.2 Å². The van der Waals surface area contributed by atoms with Gasteiger partial charge in [0.2, 0.25) is 0 Å². The summed E-state index contributed by atoms with van der Waals surface area (Å²) < 4.78 is 10.2. The van der Waals surface area contributed by atoms with Crippen LogP contribution in [0.2, 0.25) is 0 Å². The van der Waals surface area contributed by atoms with E-state index < -0.39 is 22.9 Å². The number of rotatable bonds is 2. The fraction of sp³-hybridized carbons (Fsp3) is 0.0667. The topological polar surface area (TPSA) is 97.0 Å². The van der Waals surface area contributed by atoms with Crippen molar-refractivity contribution in [3.63, 3.8) is 0 Å². The number of methoxy groups -OCH3 is 1. The van der Waals surface area contributed by atoms with Gasteiger partial charge in [0.05, 0.1) is 12.5 Å². The van der Waals surface area contributed by atoms with Crippen molar-refractivity contribution in [1.82, 2.24) is 0 Å². The van der Waals surface area contributed by atoms with Gasteiger partial charge in [0.15, 0.2) is 5.58 Å². The van der Waals surface area contributed by atoms with Crippen LogP contribution < -0.4 is 10.4 Å². The number of carboxylic acids is 1. The molecule has 2 aromatic carbocycles. The van der Waals surface area contributed by atoms with E-state index in [1.807, 2.05) is 0 Å². The maximum atomic E-state index is 12.0. The Morgan fingerprint density at radius 1 is 1.14 bits per heavy atom. The number of fused-ring (bicyclic) bond motifs is 3. The summed E-state index contributed by atoms with van der Waals surface area (Å²) in [5.41, 5.74) is -1.27. The third-order valence-electron chi connectivity index (χ3n) is 3.28. The van der Waals surface area contributed by atoms with Crippen molar-refractivity contribution in [2.45, 2.75) is 0 Å². The molecule has 0 atom stereocenters. The van der Waals surface area contributed by atoms with Gasteiger partial charge in [-0.15, -0.1) is 0 Å². The third kappa shape index (κ3) is 1.88. The number of ether oxygens (including phenoxy) is 1. The van der Waals surface area contributed by atoms with Gasteiger partial charge in [-0.05, 0) is 30.3 Å². The first-order valence-corrected chi connectivity index (χ1v) is 6.02. The molecule has 1 heterocycles. The Bertz CT molecular complexity index is 938. The monoisotopic (exact) mass is 286 g/mol. The van der Waals surface area contributed by atoms with Crippen LogP contribution >= 0.6 is 0 Å². The average Bonchev–Trinajstić information content (AvgIpc) is 2.46. The number of carboxylic acid groups (broad SMARTS) is 1. The van der Waals surface area contributed by atoms with Crippen LogP contribution in [0, 0.1) is 0 Å². The highest BCUT2D eigenvalue weighted by Gasteiger charge is 2.19. The minimum Gasteiger partial charge on any atom is -0.507 e. The Hall–Kier alpha value is -3.02. The molecule has 0 spiro atoms. The molecule has 3 aromatic rings. The molecule has 6 heteroatoms.